The van der Waals surface area contributed by atoms with Gasteiger partial charge in [0.1, 0.15) is 0 Å². The third kappa shape index (κ3) is 4.02. The Morgan fingerprint density at radius 3 is 2.12 bits per heavy atom. The molecule has 0 spiro atoms. The normalized spacial score (nSPS) is 15.3. The van der Waals surface area contributed by atoms with Crippen LogP contribution < -0.4 is 14.9 Å². The molecule has 5 nitrogen and oxygen atoms in total. The first-order valence-electron chi connectivity index (χ1n) is 14.0. The summed E-state index contributed by atoms with van der Waals surface area (Å²) in [6.45, 7) is 5.98. The molecular formula is C36H28N2O3S. The van der Waals surface area contributed by atoms with Crippen molar-refractivity contribution in [2.24, 2.45) is 4.99 Å². The number of rotatable bonds is 4. The summed E-state index contributed by atoms with van der Waals surface area (Å²) in [6.07, 6.45) is 2.00. The summed E-state index contributed by atoms with van der Waals surface area (Å²) in [5.41, 5.74) is 3.85. The van der Waals surface area contributed by atoms with E-state index in [9.17, 15) is 9.59 Å². The molecule has 7 rings (SSSR count). The number of carbonyl (C=O) groups excluding carboxylic acids is 1. The first-order chi connectivity index (χ1) is 20.5. The molecule has 206 valence electrons. The summed E-state index contributed by atoms with van der Waals surface area (Å²) in [7, 11) is 0. The van der Waals surface area contributed by atoms with Crippen LogP contribution in [0, 0.1) is 6.92 Å². The molecule has 0 radical (unpaired) electrons. The summed E-state index contributed by atoms with van der Waals surface area (Å²) < 4.78 is 7.75. The summed E-state index contributed by atoms with van der Waals surface area (Å²) in [6, 6.07) is 30.0. The maximum Gasteiger partial charge on any atom is 0.338 e. The van der Waals surface area contributed by atoms with Gasteiger partial charge < -0.3 is 4.74 Å². The zero-order chi connectivity index (χ0) is 29.0. The molecule has 1 atom stereocenters. The van der Waals surface area contributed by atoms with Crippen LogP contribution in [0.25, 0.3) is 38.4 Å². The van der Waals surface area contributed by atoms with Gasteiger partial charge in [0.2, 0.25) is 0 Å². The number of fused-ring (bicyclic) bond motifs is 4. The van der Waals surface area contributed by atoms with Crippen LogP contribution in [0.2, 0.25) is 0 Å². The van der Waals surface area contributed by atoms with E-state index in [0.717, 1.165) is 43.4 Å². The SMILES string of the molecule is CCOC(=O)C1=C(C)N=c2s/c(=C\c3c4ccccc4c(C)c4ccccc34)c(=O)n2[C@@H]1c1cccc2ccccc12. The van der Waals surface area contributed by atoms with E-state index in [-0.39, 0.29) is 12.2 Å². The lowest BCUT2D eigenvalue weighted by atomic mass is 9.91. The first-order valence-corrected chi connectivity index (χ1v) is 14.9. The number of thiazole rings is 1. The Balaban J connectivity index is 1.55. The van der Waals surface area contributed by atoms with E-state index in [4.69, 9.17) is 9.73 Å². The Morgan fingerprint density at radius 1 is 0.857 bits per heavy atom. The van der Waals surface area contributed by atoms with Gasteiger partial charge in [0.25, 0.3) is 5.56 Å². The molecule has 5 aromatic carbocycles. The van der Waals surface area contributed by atoms with Crippen LogP contribution >= 0.6 is 11.3 Å². The molecule has 42 heavy (non-hydrogen) atoms. The fraction of sp³-hybridized carbons (Fsp3) is 0.139. The molecule has 0 unspecified atom stereocenters. The quantitative estimate of drug-likeness (QED) is 0.179. The Labute approximate surface area is 246 Å². The standard InChI is InChI=1S/C36H28N2O3S/c1-4-41-35(40)32-22(3)37-36-38(33(32)29-19-11-13-23-12-5-6-16-26(23)29)34(39)31(42-36)20-30-27-17-9-7-14-24(27)21(2)25-15-8-10-18-28(25)30/h5-20,33H,4H2,1-3H3/b31-20-/t33-/m1/s1. The maximum atomic E-state index is 14.4. The van der Waals surface area contributed by atoms with Crippen molar-refractivity contribution in [2.45, 2.75) is 26.8 Å². The molecule has 6 heteroatoms. The van der Waals surface area contributed by atoms with Crippen LogP contribution in [0.5, 0.6) is 0 Å². The van der Waals surface area contributed by atoms with Crippen LogP contribution in [0.15, 0.2) is 112 Å². The highest BCUT2D eigenvalue weighted by molar-refractivity contribution is 7.07. The zero-order valence-corrected chi connectivity index (χ0v) is 24.4. The van der Waals surface area contributed by atoms with Gasteiger partial charge in [-0.15, -0.1) is 0 Å². The second-order valence-corrected chi connectivity index (χ2v) is 11.5. The molecular weight excluding hydrogens is 540 g/mol. The van der Waals surface area contributed by atoms with Gasteiger partial charge >= 0.3 is 5.97 Å². The van der Waals surface area contributed by atoms with Crippen molar-refractivity contribution in [3.8, 4) is 0 Å². The molecule has 6 aromatic rings. The van der Waals surface area contributed by atoms with Gasteiger partial charge in [-0.05, 0) is 75.9 Å². The van der Waals surface area contributed by atoms with E-state index in [1.54, 1.807) is 11.5 Å². The Hall–Kier alpha value is -4.81. The van der Waals surface area contributed by atoms with Gasteiger partial charge in [0.15, 0.2) is 4.80 Å². The lowest BCUT2D eigenvalue weighted by Gasteiger charge is -2.25. The van der Waals surface area contributed by atoms with E-state index < -0.39 is 12.0 Å². The zero-order valence-electron chi connectivity index (χ0n) is 23.5. The van der Waals surface area contributed by atoms with Crippen molar-refractivity contribution in [1.29, 1.82) is 0 Å². The average Bonchev–Trinajstić information content (AvgIpc) is 3.32. The molecule has 0 saturated carbocycles. The van der Waals surface area contributed by atoms with Crippen molar-refractivity contribution < 1.29 is 9.53 Å². The molecule has 0 saturated heterocycles. The minimum atomic E-state index is -0.667. The van der Waals surface area contributed by atoms with E-state index in [1.165, 1.54) is 16.9 Å². The van der Waals surface area contributed by atoms with Crippen LogP contribution in [-0.4, -0.2) is 17.1 Å². The van der Waals surface area contributed by atoms with E-state index in [0.29, 0.717) is 20.6 Å². The number of nitrogens with zero attached hydrogens (tertiary/aromatic N) is 2. The highest BCUT2D eigenvalue weighted by Gasteiger charge is 2.34. The van der Waals surface area contributed by atoms with Crippen molar-refractivity contribution in [3.05, 3.63) is 139 Å². The predicted molar refractivity (Wildman–Crippen MR) is 171 cm³/mol. The molecule has 0 N–H and O–H groups in total. The molecule has 0 fully saturated rings. The largest absolute Gasteiger partial charge is 0.463 e. The number of aryl methyl sites for hydroxylation is 1. The van der Waals surface area contributed by atoms with Gasteiger partial charge in [-0.2, -0.15) is 0 Å². The number of esters is 1. The number of carbonyl (C=O) groups is 1. The van der Waals surface area contributed by atoms with Crippen molar-refractivity contribution in [2.75, 3.05) is 6.61 Å². The predicted octanol–water partition coefficient (Wildman–Crippen LogP) is 6.57. The topological polar surface area (TPSA) is 60.7 Å². The number of aromatic nitrogens is 1. The van der Waals surface area contributed by atoms with Gasteiger partial charge in [-0.3, -0.25) is 9.36 Å². The maximum absolute atomic E-state index is 14.4. The van der Waals surface area contributed by atoms with E-state index in [1.807, 2.05) is 79.7 Å². The van der Waals surface area contributed by atoms with Crippen LogP contribution in [0.1, 0.15) is 36.6 Å². The summed E-state index contributed by atoms with van der Waals surface area (Å²) >= 11 is 1.35. The minimum absolute atomic E-state index is 0.181. The highest BCUT2D eigenvalue weighted by atomic mass is 32.1. The van der Waals surface area contributed by atoms with Crippen molar-refractivity contribution in [3.63, 3.8) is 0 Å². The van der Waals surface area contributed by atoms with Gasteiger partial charge in [-0.25, -0.2) is 9.79 Å². The number of hydrogen-bond donors (Lipinski definition) is 0. The van der Waals surface area contributed by atoms with Crippen LogP contribution in [0.3, 0.4) is 0 Å². The smallest absolute Gasteiger partial charge is 0.338 e. The molecule has 1 aliphatic heterocycles. The Morgan fingerprint density at radius 2 is 1.45 bits per heavy atom. The number of ether oxygens (including phenoxy) is 1. The summed E-state index contributed by atoms with van der Waals surface area (Å²) in [4.78, 5) is 33.2. The first kappa shape index (κ1) is 26.1. The van der Waals surface area contributed by atoms with Crippen LogP contribution in [0.4, 0.5) is 0 Å². The number of allylic oxidation sites excluding steroid dienone is 1. The highest BCUT2D eigenvalue weighted by Crippen LogP contribution is 2.35. The minimum Gasteiger partial charge on any atom is -0.463 e. The molecule has 0 bridgehead atoms. The van der Waals surface area contributed by atoms with Gasteiger partial charge in [0.05, 0.1) is 28.5 Å². The molecule has 1 aromatic heterocycles. The average molecular weight is 569 g/mol. The monoisotopic (exact) mass is 568 g/mol. The fourth-order valence-corrected chi connectivity index (χ4v) is 7.27. The second-order valence-electron chi connectivity index (χ2n) is 10.5. The van der Waals surface area contributed by atoms with E-state index >= 15 is 0 Å². The van der Waals surface area contributed by atoms with Gasteiger partial charge in [-0.1, -0.05) is 102 Å². The third-order valence-corrected chi connectivity index (χ3v) is 9.14. The van der Waals surface area contributed by atoms with Gasteiger partial charge in [0, 0.05) is 0 Å². The van der Waals surface area contributed by atoms with Crippen molar-refractivity contribution in [1.82, 2.24) is 4.57 Å². The third-order valence-electron chi connectivity index (χ3n) is 8.15. The molecule has 1 aliphatic rings. The fourth-order valence-electron chi connectivity index (χ4n) is 6.24. The second kappa shape index (κ2) is 10.2. The Bertz CT molecular complexity index is 2230. The van der Waals surface area contributed by atoms with Crippen molar-refractivity contribution >= 4 is 55.7 Å². The Kier molecular flexibility index (Phi) is 6.36. The number of hydrogen-bond acceptors (Lipinski definition) is 5. The van der Waals surface area contributed by atoms with Crippen LogP contribution in [-0.2, 0) is 9.53 Å². The lowest BCUT2D eigenvalue weighted by molar-refractivity contribution is -0.139. The lowest BCUT2D eigenvalue weighted by Crippen LogP contribution is -2.40. The summed E-state index contributed by atoms with van der Waals surface area (Å²) in [5.74, 6) is -0.457. The molecule has 2 heterocycles. The number of benzene rings is 5. The summed E-state index contributed by atoms with van der Waals surface area (Å²) in [5, 5.41) is 6.51. The molecule has 0 amide bonds. The van der Waals surface area contributed by atoms with E-state index in [2.05, 4.69) is 31.2 Å². The molecule has 0 aliphatic carbocycles.